The number of allylic oxidation sites excluding steroid dienone is 2. The summed E-state index contributed by atoms with van der Waals surface area (Å²) in [4.78, 5) is 35.2. The largest absolute Gasteiger partial charge is 0.544 e. The molecule has 0 aromatic carbocycles. The molecule has 3 atom stereocenters. The molecule has 0 aliphatic heterocycles. The molecule has 0 bridgehead atoms. The maximum atomic E-state index is 11.8. The number of carbonyl (C=O) groups is 3. The zero-order chi connectivity index (χ0) is 28.8. The first-order chi connectivity index (χ1) is 18.1. The van der Waals surface area contributed by atoms with Crippen molar-refractivity contribution in [3.05, 3.63) is 12.2 Å². The van der Waals surface area contributed by atoms with Gasteiger partial charge in [-0.15, -0.1) is 0 Å². The summed E-state index contributed by atoms with van der Waals surface area (Å²) < 4.78 is -0.550. The fourth-order valence-corrected chi connectivity index (χ4v) is 5.53. The molecule has 38 heavy (non-hydrogen) atoms. The zero-order valence-corrected chi connectivity index (χ0v) is 24.8. The molecule has 0 amide bonds. The Balaban J connectivity index is 4.13. The third-order valence-corrected chi connectivity index (χ3v) is 8.28. The van der Waals surface area contributed by atoms with Crippen LogP contribution < -0.4 is 5.11 Å². The summed E-state index contributed by atoms with van der Waals surface area (Å²) in [5.41, 5.74) is 0. The molecule has 0 aliphatic rings. The number of nitrogens with zero attached hydrogens (tertiary/aromatic N) is 1. The summed E-state index contributed by atoms with van der Waals surface area (Å²) in [6, 6.07) is -3.58. The van der Waals surface area contributed by atoms with Crippen molar-refractivity contribution in [2.45, 2.75) is 161 Å². The predicted octanol–water partition coefficient (Wildman–Crippen LogP) is 6.49. The van der Waals surface area contributed by atoms with Crippen molar-refractivity contribution >= 4 is 17.9 Å². The summed E-state index contributed by atoms with van der Waals surface area (Å²) in [5, 5.41) is 30.9. The summed E-state index contributed by atoms with van der Waals surface area (Å²) >= 11 is 0. The summed E-state index contributed by atoms with van der Waals surface area (Å²) in [7, 11) is 0. The lowest BCUT2D eigenvalue weighted by molar-refractivity contribution is -0.969. The number of aliphatic carboxylic acids is 3. The maximum absolute atomic E-state index is 11.8. The summed E-state index contributed by atoms with van der Waals surface area (Å²) in [6.07, 6.45) is 26.2. The van der Waals surface area contributed by atoms with Gasteiger partial charge in [-0.1, -0.05) is 96.1 Å². The minimum Gasteiger partial charge on any atom is -0.544 e. The highest BCUT2D eigenvalue weighted by Crippen LogP contribution is 2.27. The molecule has 3 unspecified atom stereocenters. The van der Waals surface area contributed by atoms with Crippen molar-refractivity contribution in [3.63, 3.8) is 0 Å². The van der Waals surface area contributed by atoms with Crippen LogP contribution in [0.1, 0.15) is 143 Å². The standard InChI is InChI=1S/C31H57NO6/c1-5-6-7-8-9-10-11-12-13-14-15-16-17-18-19-20-21-22-23-24-25-32(26(2)29(33)34,27(3)30(35)36)28(4)31(37)38/h18-19,26-28H,5-17,20-25H2,1-4H3,(H2-,33,34,35,36,37,38)/b19-18+. The van der Waals surface area contributed by atoms with E-state index in [1.54, 1.807) is 0 Å². The molecule has 0 heterocycles. The first-order valence-electron chi connectivity index (χ1n) is 15.3. The Morgan fingerprint density at radius 3 is 1.29 bits per heavy atom. The van der Waals surface area contributed by atoms with Crippen molar-refractivity contribution in [3.8, 4) is 0 Å². The Morgan fingerprint density at radius 1 is 0.605 bits per heavy atom. The highest BCUT2D eigenvalue weighted by atomic mass is 16.4. The number of hydrogen-bond acceptors (Lipinski definition) is 4. The Kier molecular flexibility index (Phi) is 20.9. The van der Waals surface area contributed by atoms with Gasteiger partial charge >= 0.3 is 11.9 Å². The molecule has 222 valence electrons. The molecule has 0 aromatic rings. The molecule has 0 aromatic heterocycles. The van der Waals surface area contributed by atoms with E-state index in [2.05, 4.69) is 19.1 Å². The summed E-state index contributed by atoms with van der Waals surface area (Å²) in [5.74, 6) is -3.83. The Labute approximate surface area is 232 Å². The van der Waals surface area contributed by atoms with Gasteiger partial charge in [0, 0.05) is 0 Å². The number of carboxylic acid groups (broad SMARTS) is 3. The Morgan fingerprint density at radius 2 is 0.947 bits per heavy atom. The van der Waals surface area contributed by atoms with E-state index in [-0.39, 0.29) is 6.54 Å². The number of rotatable bonds is 26. The third kappa shape index (κ3) is 14.3. The van der Waals surface area contributed by atoms with Gasteiger partial charge < -0.3 is 20.1 Å². The van der Waals surface area contributed by atoms with Crippen LogP contribution in [0.5, 0.6) is 0 Å². The van der Waals surface area contributed by atoms with Crippen LogP contribution in [0.4, 0.5) is 0 Å². The van der Waals surface area contributed by atoms with Gasteiger partial charge in [0.2, 0.25) is 0 Å². The molecular formula is C31H57NO6. The number of carbonyl (C=O) groups excluding carboxylic acids is 1. The first-order valence-corrected chi connectivity index (χ1v) is 15.3. The second kappa shape index (κ2) is 22.0. The van der Waals surface area contributed by atoms with E-state index in [0.717, 1.165) is 32.1 Å². The molecule has 0 fully saturated rings. The van der Waals surface area contributed by atoms with Gasteiger partial charge in [0.05, 0.1) is 12.5 Å². The van der Waals surface area contributed by atoms with Crippen LogP contribution in [0.3, 0.4) is 0 Å². The normalized spacial score (nSPS) is 15.7. The lowest BCUT2D eigenvalue weighted by Gasteiger charge is -2.49. The van der Waals surface area contributed by atoms with Crippen LogP contribution in [0.15, 0.2) is 12.2 Å². The second-order valence-electron chi connectivity index (χ2n) is 11.1. The van der Waals surface area contributed by atoms with E-state index >= 15 is 0 Å². The van der Waals surface area contributed by atoms with E-state index in [9.17, 15) is 29.7 Å². The van der Waals surface area contributed by atoms with Gasteiger partial charge in [0.1, 0.15) is 6.04 Å². The summed E-state index contributed by atoms with van der Waals surface area (Å²) in [6.45, 7) is 6.57. The van der Waals surface area contributed by atoms with E-state index < -0.39 is 40.5 Å². The van der Waals surface area contributed by atoms with Gasteiger partial charge in [-0.2, -0.15) is 0 Å². The van der Waals surface area contributed by atoms with Gasteiger partial charge in [-0.25, -0.2) is 9.59 Å². The lowest BCUT2D eigenvalue weighted by Crippen LogP contribution is -2.72. The molecule has 0 spiro atoms. The molecular weight excluding hydrogens is 482 g/mol. The van der Waals surface area contributed by atoms with E-state index in [0.29, 0.717) is 6.42 Å². The van der Waals surface area contributed by atoms with E-state index in [4.69, 9.17) is 0 Å². The molecule has 7 heteroatoms. The fraction of sp³-hybridized carbons (Fsp3) is 0.839. The SMILES string of the molecule is CCCCCCCCCCCCCC/C=C/CCCCCC[N+](C(C)C(=O)[O-])(C(C)C(=O)O)C(C)C(=O)O. The van der Waals surface area contributed by atoms with Crippen LogP contribution in [0, 0.1) is 0 Å². The predicted molar refractivity (Wildman–Crippen MR) is 152 cm³/mol. The first kappa shape index (κ1) is 36.1. The molecule has 0 aliphatic carbocycles. The number of unbranched alkanes of at least 4 members (excludes halogenated alkanes) is 16. The quantitative estimate of drug-likeness (QED) is 0.0738. The van der Waals surface area contributed by atoms with Gasteiger partial charge in [-0.3, -0.25) is 4.48 Å². The van der Waals surface area contributed by atoms with Crippen molar-refractivity contribution in [2.75, 3.05) is 6.54 Å². The smallest absolute Gasteiger partial charge is 0.362 e. The number of quaternary nitrogens is 1. The van der Waals surface area contributed by atoms with Gasteiger partial charge in [0.15, 0.2) is 12.1 Å². The second-order valence-corrected chi connectivity index (χ2v) is 11.1. The maximum Gasteiger partial charge on any atom is 0.362 e. The molecule has 7 nitrogen and oxygen atoms in total. The molecule has 0 rings (SSSR count). The minimum atomic E-state index is -1.43. The molecule has 0 radical (unpaired) electrons. The zero-order valence-electron chi connectivity index (χ0n) is 24.8. The Bertz CT molecular complexity index is 627. The van der Waals surface area contributed by atoms with Crippen molar-refractivity contribution in [1.29, 1.82) is 0 Å². The van der Waals surface area contributed by atoms with Crippen LogP contribution in [0.25, 0.3) is 0 Å². The van der Waals surface area contributed by atoms with Gasteiger partial charge in [0.25, 0.3) is 0 Å². The average Bonchev–Trinajstić information content (AvgIpc) is 2.88. The van der Waals surface area contributed by atoms with Crippen molar-refractivity contribution in [2.24, 2.45) is 0 Å². The van der Waals surface area contributed by atoms with Gasteiger partial charge in [-0.05, 0) is 59.3 Å². The molecule has 0 saturated heterocycles. The van der Waals surface area contributed by atoms with Crippen molar-refractivity contribution in [1.82, 2.24) is 0 Å². The van der Waals surface area contributed by atoms with E-state index in [1.807, 2.05) is 0 Å². The fourth-order valence-electron chi connectivity index (χ4n) is 5.53. The minimum absolute atomic E-state index is 0.172. The van der Waals surface area contributed by atoms with Crippen LogP contribution in [-0.2, 0) is 14.4 Å². The highest BCUT2D eigenvalue weighted by Gasteiger charge is 2.50. The molecule has 0 saturated carbocycles. The number of hydrogen-bond donors (Lipinski definition) is 2. The topological polar surface area (TPSA) is 115 Å². The van der Waals surface area contributed by atoms with Crippen molar-refractivity contribution < 1.29 is 34.2 Å². The lowest BCUT2D eigenvalue weighted by atomic mass is 10.00. The number of carboxylic acids is 3. The monoisotopic (exact) mass is 539 g/mol. The highest BCUT2D eigenvalue weighted by molar-refractivity contribution is 5.76. The van der Waals surface area contributed by atoms with Crippen LogP contribution in [0.2, 0.25) is 0 Å². The van der Waals surface area contributed by atoms with Crippen LogP contribution in [-0.4, -0.2) is 57.3 Å². The average molecular weight is 540 g/mol. The van der Waals surface area contributed by atoms with E-state index in [1.165, 1.54) is 97.8 Å². The third-order valence-electron chi connectivity index (χ3n) is 8.28. The Hall–Kier alpha value is -1.89. The van der Waals surface area contributed by atoms with Crippen LogP contribution >= 0.6 is 0 Å². The molecule has 2 N–H and O–H groups in total.